The molecule has 1 aliphatic carbocycles. The molecule has 1 rings (SSSR count). The number of carboxylic acids is 2. The van der Waals surface area contributed by atoms with Gasteiger partial charge in [-0.15, -0.1) is 0 Å². The zero-order valence-electron chi connectivity index (χ0n) is 12.8. The van der Waals surface area contributed by atoms with Gasteiger partial charge in [0.05, 0.1) is 26.0 Å². The number of aliphatic hydroxyl groups is 4. The number of carbonyl (C=O) groups is 2. The average molecular weight is 348 g/mol. The fourth-order valence-corrected chi connectivity index (χ4v) is 2.18. The number of nitrogens with one attached hydrogen (secondary N) is 1. The summed E-state index contributed by atoms with van der Waals surface area (Å²) in [5.41, 5.74) is -2.53. The molecule has 0 saturated heterocycles. The van der Waals surface area contributed by atoms with Gasteiger partial charge in [0.25, 0.3) is 0 Å². The fraction of sp³-hybridized carbons (Fsp3) is 0.615. The number of nitrogens with zero attached hydrogens (tertiary/aromatic N) is 1. The number of ether oxygens (including phenoxy) is 1. The number of hydrogen-bond acceptors (Lipinski definition) is 9. The van der Waals surface area contributed by atoms with Crippen molar-refractivity contribution < 1.29 is 45.0 Å². The average Bonchev–Trinajstić information content (AvgIpc) is 2.53. The number of carboxylic acid groups (broad SMARTS) is 2. The Kier molecular flexibility index (Phi) is 6.66. The van der Waals surface area contributed by atoms with E-state index in [0.717, 1.165) is 0 Å². The Morgan fingerprint density at radius 3 is 2.46 bits per heavy atom. The quantitative estimate of drug-likeness (QED) is 0.236. The zero-order chi connectivity index (χ0) is 18.5. The van der Waals surface area contributed by atoms with Gasteiger partial charge in [-0.2, -0.15) is 0 Å². The van der Waals surface area contributed by atoms with Crippen molar-refractivity contribution in [1.29, 1.82) is 0 Å². The monoisotopic (exact) mass is 348 g/mol. The molecule has 0 radical (unpaired) electrons. The van der Waals surface area contributed by atoms with Crippen LogP contribution in [0.5, 0.6) is 0 Å². The van der Waals surface area contributed by atoms with Crippen molar-refractivity contribution >= 4 is 17.7 Å². The van der Waals surface area contributed by atoms with Crippen molar-refractivity contribution in [3.8, 4) is 0 Å². The second-order valence-corrected chi connectivity index (χ2v) is 5.15. The summed E-state index contributed by atoms with van der Waals surface area (Å²) >= 11 is 0. The lowest BCUT2D eigenvalue weighted by Gasteiger charge is -2.38. The Bertz CT molecular complexity index is 560. The van der Waals surface area contributed by atoms with Crippen molar-refractivity contribution in [1.82, 2.24) is 5.32 Å². The van der Waals surface area contributed by atoms with Crippen LogP contribution in [0.1, 0.15) is 6.42 Å². The summed E-state index contributed by atoms with van der Waals surface area (Å²) in [6, 6.07) is -1.64. The normalized spacial score (nSPS) is 27.0. The van der Waals surface area contributed by atoms with Crippen LogP contribution < -0.4 is 5.32 Å². The Morgan fingerprint density at radius 2 is 2.04 bits per heavy atom. The maximum absolute atomic E-state index is 11.0. The zero-order valence-corrected chi connectivity index (χ0v) is 12.8. The van der Waals surface area contributed by atoms with Crippen molar-refractivity contribution in [2.75, 3.05) is 26.9 Å². The van der Waals surface area contributed by atoms with E-state index in [0.29, 0.717) is 0 Å². The molecule has 0 heterocycles. The second kappa shape index (κ2) is 8.06. The summed E-state index contributed by atoms with van der Waals surface area (Å²) in [4.78, 5) is 25.4. The number of methoxy groups -OCH3 is 1. The van der Waals surface area contributed by atoms with Gasteiger partial charge in [0.2, 0.25) is 0 Å². The van der Waals surface area contributed by atoms with E-state index in [1.165, 1.54) is 7.11 Å². The van der Waals surface area contributed by atoms with Gasteiger partial charge in [-0.1, -0.05) is 0 Å². The van der Waals surface area contributed by atoms with Crippen LogP contribution >= 0.6 is 0 Å². The van der Waals surface area contributed by atoms with Crippen LogP contribution in [-0.2, 0) is 14.3 Å². The summed E-state index contributed by atoms with van der Waals surface area (Å²) in [5.74, 6) is -2.86. The molecule has 11 nitrogen and oxygen atoms in total. The van der Waals surface area contributed by atoms with Gasteiger partial charge in [0.1, 0.15) is 24.0 Å². The molecule has 7 N–H and O–H groups in total. The van der Waals surface area contributed by atoms with E-state index in [2.05, 4.69) is 10.3 Å². The highest BCUT2D eigenvalue weighted by atomic mass is 16.5. The summed E-state index contributed by atoms with van der Waals surface area (Å²) in [6.45, 7) is -2.33. The number of aliphatic hydroxyl groups excluding tert-OH is 3. The number of rotatable bonds is 8. The maximum Gasteiger partial charge on any atom is 0.330 e. The van der Waals surface area contributed by atoms with Crippen LogP contribution in [0.25, 0.3) is 0 Å². The molecule has 0 aromatic heterocycles. The predicted octanol–water partition coefficient (Wildman–Crippen LogP) is -3.11. The van der Waals surface area contributed by atoms with Gasteiger partial charge in [-0.05, 0) is 0 Å². The molecule has 0 aromatic rings. The molecule has 3 atom stereocenters. The highest BCUT2D eigenvalue weighted by molar-refractivity contribution is 6.05. The number of aliphatic imine (C=N–C) groups is 1. The molecule has 0 saturated carbocycles. The van der Waals surface area contributed by atoms with E-state index < -0.39 is 55.2 Å². The Hall–Kier alpha value is -2.21. The predicted molar refractivity (Wildman–Crippen MR) is 78.3 cm³/mol. The molecule has 0 spiro atoms. The van der Waals surface area contributed by atoms with E-state index in [1.807, 2.05) is 0 Å². The van der Waals surface area contributed by atoms with E-state index in [1.54, 1.807) is 0 Å². The first-order chi connectivity index (χ1) is 11.2. The molecule has 0 aromatic carbocycles. The lowest BCUT2D eigenvalue weighted by molar-refractivity contribution is -0.139. The summed E-state index contributed by atoms with van der Waals surface area (Å²) in [6.07, 6.45) is -2.18. The Morgan fingerprint density at radius 1 is 1.42 bits per heavy atom. The molecule has 3 unspecified atom stereocenters. The SMILES string of the molecule is COC1=C(NCC(=O)O)CC(O)(CO)C(O)C1=NC(CO)C(=O)O. The number of aliphatic carboxylic acids is 2. The van der Waals surface area contributed by atoms with Gasteiger partial charge in [-0.3, -0.25) is 9.79 Å². The van der Waals surface area contributed by atoms with Crippen LogP contribution in [0.15, 0.2) is 16.4 Å². The lowest BCUT2D eigenvalue weighted by atomic mass is 9.82. The summed E-state index contributed by atoms with van der Waals surface area (Å²) < 4.78 is 5.05. The van der Waals surface area contributed by atoms with Crippen molar-refractivity contribution in [3.05, 3.63) is 11.5 Å². The molecule has 11 heteroatoms. The molecule has 0 aliphatic heterocycles. The Labute approximate surface area is 136 Å². The van der Waals surface area contributed by atoms with Crippen LogP contribution in [0.4, 0.5) is 0 Å². The van der Waals surface area contributed by atoms with Gasteiger partial charge < -0.3 is 40.7 Å². The molecule has 136 valence electrons. The standard InChI is InChI=1S/C13H20N2O9/c1-24-10-6(14-3-8(18)19)2-13(23,5-17)11(20)9(10)15-7(4-16)12(21)22/h7,11,14,16-17,20,23H,2-5H2,1H3,(H,18,19)(H,21,22). The van der Waals surface area contributed by atoms with Crippen molar-refractivity contribution in [3.63, 3.8) is 0 Å². The van der Waals surface area contributed by atoms with Gasteiger partial charge in [0.15, 0.2) is 11.8 Å². The third kappa shape index (κ3) is 4.20. The lowest BCUT2D eigenvalue weighted by Crippen LogP contribution is -2.55. The minimum Gasteiger partial charge on any atom is -0.493 e. The second-order valence-electron chi connectivity index (χ2n) is 5.15. The molecule has 0 fully saturated rings. The van der Waals surface area contributed by atoms with Gasteiger partial charge in [-0.25, -0.2) is 4.79 Å². The molecular formula is C13H20N2O9. The first-order valence-electron chi connectivity index (χ1n) is 6.86. The third-order valence-corrected chi connectivity index (χ3v) is 3.44. The minimum absolute atomic E-state index is 0.0163. The highest BCUT2D eigenvalue weighted by Crippen LogP contribution is 2.31. The molecule has 0 amide bonds. The van der Waals surface area contributed by atoms with Crippen LogP contribution in [0, 0.1) is 0 Å². The van der Waals surface area contributed by atoms with E-state index in [-0.39, 0.29) is 17.9 Å². The number of hydrogen-bond donors (Lipinski definition) is 7. The first kappa shape index (κ1) is 19.8. The van der Waals surface area contributed by atoms with E-state index in [9.17, 15) is 24.9 Å². The fourth-order valence-electron chi connectivity index (χ4n) is 2.18. The third-order valence-electron chi connectivity index (χ3n) is 3.44. The van der Waals surface area contributed by atoms with Gasteiger partial charge >= 0.3 is 11.9 Å². The van der Waals surface area contributed by atoms with E-state index in [4.69, 9.17) is 20.1 Å². The topological polar surface area (TPSA) is 189 Å². The highest BCUT2D eigenvalue weighted by Gasteiger charge is 2.46. The van der Waals surface area contributed by atoms with Crippen LogP contribution in [0.2, 0.25) is 0 Å². The Balaban J connectivity index is 3.41. The van der Waals surface area contributed by atoms with E-state index >= 15 is 0 Å². The minimum atomic E-state index is -2.12. The molecule has 24 heavy (non-hydrogen) atoms. The molecule has 1 aliphatic rings. The largest absolute Gasteiger partial charge is 0.493 e. The van der Waals surface area contributed by atoms with Crippen LogP contribution in [0.3, 0.4) is 0 Å². The summed E-state index contributed by atoms with van der Waals surface area (Å²) in [7, 11) is 1.18. The van der Waals surface area contributed by atoms with Crippen LogP contribution in [-0.4, -0.2) is 92.9 Å². The summed E-state index contributed by atoms with van der Waals surface area (Å²) in [5, 5.41) is 59.2. The van der Waals surface area contributed by atoms with Crippen molar-refractivity contribution in [2.45, 2.75) is 24.2 Å². The first-order valence-corrected chi connectivity index (χ1v) is 6.86. The smallest absolute Gasteiger partial charge is 0.330 e. The van der Waals surface area contributed by atoms with Gasteiger partial charge in [0, 0.05) is 6.42 Å². The molecular weight excluding hydrogens is 328 g/mol. The molecule has 0 bridgehead atoms. The van der Waals surface area contributed by atoms with Crippen molar-refractivity contribution in [2.24, 2.45) is 4.99 Å². The maximum atomic E-state index is 11.0.